The van der Waals surface area contributed by atoms with Crippen molar-refractivity contribution in [2.45, 2.75) is 19.3 Å². The summed E-state index contributed by atoms with van der Waals surface area (Å²) in [6, 6.07) is 32.0. The number of allylic oxidation sites excluding steroid dienone is 1. The molecule has 5 aromatic rings. The zero-order valence-electron chi connectivity index (χ0n) is 24.1. The minimum Gasteiger partial charge on any atom is -0.456 e. The van der Waals surface area contributed by atoms with Crippen LogP contribution in [0.5, 0.6) is 0 Å². The highest BCUT2D eigenvalue weighted by Gasteiger charge is 2.22. The fourth-order valence-corrected chi connectivity index (χ4v) is 5.25. The molecule has 9 heteroatoms. The Bertz CT molecular complexity index is 1860. The maximum absolute atomic E-state index is 13.7. The van der Waals surface area contributed by atoms with Gasteiger partial charge in [0, 0.05) is 28.7 Å². The first-order valence-electron chi connectivity index (χ1n) is 14.1. The predicted molar refractivity (Wildman–Crippen MR) is 173 cm³/mol. The lowest BCUT2D eigenvalue weighted by Crippen LogP contribution is -2.28. The van der Waals surface area contributed by atoms with Crippen LogP contribution in [0.2, 0.25) is 0 Å². The van der Waals surface area contributed by atoms with E-state index in [4.69, 9.17) is 8.97 Å². The number of fused-ring (bicyclic) bond motifs is 1. The summed E-state index contributed by atoms with van der Waals surface area (Å²) in [7, 11) is -4.17. The highest BCUT2D eigenvalue weighted by atomic mass is 32.2. The summed E-state index contributed by atoms with van der Waals surface area (Å²) in [4.78, 5) is 26.1. The summed E-state index contributed by atoms with van der Waals surface area (Å²) in [5.41, 5.74) is 5.43. The Hall–Kier alpha value is -4.99. The van der Waals surface area contributed by atoms with E-state index in [9.17, 15) is 18.0 Å². The van der Waals surface area contributed by atoms with Crippen molar-refractivity contribution in [1.82, 2.24) is 5.32 Å². The maximum Gasteiger partial charge on any atom is 0.266 e. The average Bonchev–Trinajstić information content (AvgIpc) is 3.45. The molecule has 1 heterocycles. The minimum atomic E-state index is -4.17. The molecule has 2 amide bonds. The third kappa shape index (κ3) is 7.89. The van der Waals surface area contributed by atoms with Crippen LogP contribution in [-0.4, -0.2) is 37.1 Å². The lowest BCUT2D eigenvalue weighted by Gasteiger charge is -2.18. The average molecular weight is 609 g/mol. The number of hydrogen-bond acceptors (Lipinski definition) is 5. The van der Waals surface area contributed by atoms with E-state index < -0.39 is 27.7 Å². The van der Waals surface area contributed by atoms with Crippen molar-refractivity contribution in [3.05, 3.63) is 131 Å². The maximum atomic E-state index is 13.7. The van der Waals surface area contributed by atoms with Crippen molar-refractivity contribution in [1.29, 1.82) is 0 Å². The van der Waals surface area contributed by atoms with E-state index in [1.165, 1.54) is 0 Å². The molecule has 3 N–H and O–H groups in total. The number of hydrogen-bond donors (Lipinski definition) is 3. The molecule has 44 heavy (non-hydrogen) atoms. The van der Waals surface area contributed by atoms with Crippen LogP contribution in [0.1, 0.15) is 39.9 Å². The molecule has 0 saturated heterocycles. The molecule has 1 aromatic heterocycles. The quantitative estimate of drug-likeness (QED) is 0.143. The third-order valence-electron chi connectivity index (χ3n) is 7.18. The van der Waals surface area contributed by atoms with Crippen molar-refractivity contribution in [2.75, 3.05) is 17.6 Å². The third-order valence-corrected chi connectivity index (χ3v) is 7.90. The second-order valence-electron chi connectivity index (χ2n) is 10.4. The van der Waals surface area contributed by atoms with Crippen molar-refractivity contribution in [2.24, 2.45) is 0 Å². The molecule has 224 valence electrons. The SMILES string of the molecule is CC=Cc1ccc(C(Cc2ccc(C(=O)NCCS(=O)(=O)O)cc2)C(=O)Nc2ccc(-c3cc4ccccc4o3)cc2)cc1. The van der Waals surface area contributed by atoms with Gasteiger partial charge in [-0.2, -0.15) is 8.42 Å². The van der Waals surface area contributed by atoms with Gasteiger partial charge in [-0.3, -0.25) is 14.1 Å². The van der Waals surface area contributed by atoms with Crippen molar-refractivity contribution >= 4 is 44.7 Å². The van der Waals surface area contributed by atoms with Crippen LogP contribution in [0.25, 0.3) is 28.4 Å². The minimum absolute atomic E-state index is 0.174. The van der Waals surface area contributed by atoms with E-state index in [1.54, 1.807) is 24.3 Å². The van der Waals surface area contributed by atoms with Gasteiger partial charge in [0.2, 0.25) is 5.91 Å². The molecule has 0 aliphatic carbocycles. The fourth-order valence-electron chi connectivity index (χ4n) is 4.89. The van der Waals surface area contributed by atoms with E-state index in [2.05, 4.69) is 10.6 Å². The fraction of sp³-hybridized carbons (Fsp3) is 0.143. The molecule has 8 nitrogen and oxygen atoms in total. The molecule has 0 bridgehead atoms. The number of anilines is 1. The summed E-state index contributed by atoms with van der Waals surface area (Å²) >= 11 is 0. The van der Waals surface area contributed by atoms with Crippen molar-refractivity contribution < 1.29 is 27.0 Å². The lowest BCUT2D eigenvalue weighted by molar-refractivity contribution is -0.117. The predicted octanol–water partition coefficient (Wildman–Crippen LogP) is 6.72. The molecule has 0 aliphatic rings. The van der Waals surface area contributed by atoms with E-state index in [-0.39, 0.29) is 12.5 Å². The van der Waals surface area contributed by atoms with Gasteiger partial charge in [-0.25, -0.2) is 0 Å². The van der Waals surface area contributed by atoms with Crippen LogP contribution in [0.4, 0.5) is 5.69 Å². The molecular weight excluding hydrogens is 576 g/mol. The standard InChI is InChI=1S/C35H32N2O6S/c1-2-5-24-8-12-26(13-9-24)31(22-25-10-14-28(15-11-25)34(38)36-20-21-44(40,41)42)35(39)37-30-18-16-27(17-19-30)33-23-29-6-3-4-7-32(29)43-33/h2-19,23,31H,20-22H2,1H3,(H,36,38)(H,37,39)(H,40,41,42). The lowest BCUT2D eigenvalue weighted by atomic mass is 9.90. The van der Waals surface area contributed by atoms with Gasteiger partial charge in [0.1, 0.15) is 11.3 Å². The highest BCUT2D eigenvalue weighted by Crippen LogP contribution is 2.29. The molecule has 0 fully saturated rings. The summed E-state index contributed by atoms with van der Waals surface area (Å²) in [5.74, 6) is -0.964. The number of nitrogens with one attached hydrogen (secondary N) is 2. The van der Waals surface area contributed by atoms with E-state index in [0.717, 1.165) is 39.0 Å². The van der Waals surface area contributed by atoms with Crippen LogP contribution in [0.3, 0.4) is 0 Å². The van der Waals surface area contributed by atoms with Gasteiger partial charge < -0.3 is 15.1 Å². The summed E-state index contributed by atoms with van der Waals surface area (Å²) in [6.07, 6.45) is 4.33. The van der Waals surface area contributed by atoms with Gasteiger partial charge in [0.05, 0.1) is 11.7 Å². The molecule has 1 unspecified atom stereocenters. The van der Waals surface area contributed by atoms with Crippen molar-refractivity contribution in [3.8, 4) is 11.3 Å². The molecule has 1 atom stereocenters. The van der Waals surface area contributed by atoms with Gasteiger partial charge in [-0.15, -0.1) is 0 Å². The molecule has 0 saturated carbocycles. The van der Waals surface area contributed by atoms with Gasteiger partial charge in [0.15, 0.2) is 0 Å². The largest absolute Gasteiger partial charge is 0.456 e. The number of carbonyl (C=O) groups is 2. The van der Waals surface area contributed by atoms with E-state index >= 15 is 0 Å². The molecule has 5 rings (SSSR count). The number of carbonyl (C=O) groups excluding carboxylic acids is 2. The van der Waals surface area contributed by atoms with Crippen LogP contribution >= 0.6 is 0 Å². The summed E-state index contributed by atoms with van der Waals surface area (Å²) < 4.78 is 36.6. The zero-order valence-corrected chi connectivity index (χ0v) is 24.9. The number of furan rings is 1. The van der Waals surface area contributed by atoms with E-state index in [1.807, 2.05) is 97.9 Å². The van der Waals surface area contributed by atoms with E-state index in [0.29, 0.717) is 17.7 Å². The Morgan fingerprint density at radius 3 is 2.27 bits per heavy atom. The number of benzene rings is 4. The Labute approximate surface area is 256 Å². The summed E-state index contributed by atoms with van der Waals surface area (Å²) in [5, 5.41) is 6.55. The highest BCUT2D eigenvalue weighted by molar-refractivity contribution is 7.85. The van der Waals surface area contributed by atoms with Crippen LogP contribution < -0.4 is 10.6 Å². The van der Waals surface area contributed by atoms with Gasteiger partial charge in [-0.05, 0) is 78.6 Å². The molecular formula is C35H32N2O6S. The zero-order chi connectivity index (χ0) is 31.1. The summed E-state index contributed by atoms with van der Waals surface area (Å²) in [6.45, 7) is 1.74. The second kappa shape index (κ2) is 13.5. The number of para-hydroxylation sites is 1. The Kier molecular flexibility index (Phi) is 9.38. The topological polar surface area (TPSA) is 126 Å². The first-order chi connectivity index (χ1) is 21.2. The molecule has 0 radical (unpaired) electrons. The normalized spacial score (nSPS) is 12.3. The molecule has 0 spiro atoms. The Balaban J connectivity index is 1.31. The van der Waals surface area contributed by atoms with Crippen LogP contribution in [0.15, 0.2) is 114 Å². The number of rotatable bonds is 11. The van der Waals surface area contributed by atoms with Gasteiger partial charge in [-0.1, -0.05) is 66.7 Å². The first kappa shape index (κ1) is 30.5. The van der Waals surface area contributed by atoms with Gasteiger partial charge in [0.25, 0.3) is 16.0 Å². The van der Waals surface area contributed by atoms with Gasteiger partial charge >= 0.3 is 0 Å². The first-order valence-corrected chi connectivity index (χ1v) is 15.7. The Morgan fingerprint density at radius 2 is 1.61 bits per heavy atom. The van der Waals surface area contributed by atoms with Crippen LogP contribution in [0, 0.1) is 0 Å². The second-order valence-corrected chi connectivity index (χ2v) is 11.9. The van der Waals surface area contributed by atoms with Crippen molar-refractivity contribution in [3.63, 3.8) is 0 Å². The smallest absolute Gasteiger partial charge is 0.266 e. The Morgan fingerprint density at radius 1 is 0.909 bits per heavy atom. The monoisotopic (exact) mass is 608 g/mol. The van der Waals surface area contributed by atoms with Crippen LogP contribution in [-0.2, 0) is 21.3 Å². The molecule has 0 aliphatic heterocycles. The molecule has 4 aromatic carbocycles. The number of amides is 2.